The van der Waals surface area contributed by atoms with Crippen molar-refractivity contribution in [2.75, 3.05) is 26.2 Å². The number of fused-ring (bicyclic) bond motifs is 1. The molecule has 0 unspecified atom stereocenters. The van der Waals surface area contributed by atoms with Gasteiger partial charge in [0.05, 0.1) is 37.6 Å². The molecule has 0 saturated heterocycles. The fourth-order valence-corrected chi connectivity index (χ4v) is 3.64. The number of methoxy groups -OCH3 is 3. The van der Waals surface area contributed by atoms with Crippen LogP contribution in [0.4, 0.5) is 16.3 Å². The van der Waals surface area contributed by atoms with E-state index in [1.165, 1.54) is 17.0 Å². The molecule has 1 aliphatic heterocycles. The number of hydrogen-bond donors (Lipinski definition) is 0. The van der Waals surface area contributed by atoms with Gasteiger partial charge in [-0.1, -0.05) is 23.7 Å². The highest BCUT2D eigenvalue weighted by atomic mass is 35.5. The highest BCUT2D eigenvalue weighted by molar-refractivity contribution is 6.29. The van der Waals surface area contributed by atoms with Crippen LogP contribution >= 0.6 is 11.6 Å². The Morgan fingerprint density at radius 2 is 1.81 bits per heavy atom. The van der Waals surface area contributed by atoms with Crippen LogP contribution in [0.5, 0.6) is 17.2 Å². The highest BCUT2D eigenvalue weighted by Gasteiger charge is 2.33. The lowest BCUT2D eigenvalue weighted by atomic mass is 10.1. The van der Waals surface area contributed by atoms with Crippen molar-refractivity contribution in [3.8, 4) is 17.2 Å². The lowest BCUT2D eigenvalue weighted by Gasteiger charge is -2.36. The zero-order chi connectivity index (χ0) is 24.5. The molecule has 0 spiro atoms. The van der Waals surface area contributed by atoms with Crippen molar-refractivity contribution in [3.63, 3.8) is 0 Å². The third-order valence-corrected chi connectivity index (χ3v) is 5.20. The molecular formula is C23H22ClN3O4. The number of nitrogens with zero attached hydrogens (tertiary/aromatic N) is 3. The monoisotopic (exact) mass is 442 g/mol. The van der Waals surface area contributed by atoms with Gasteiger partial charge in [0.25, 0.3) is 0 Å². The Bertz CT molecular complexity index is 1210. The Hall–Kier alpha value is -3.45. The van der Waals surface area contributed by atoms with Gasteiger partial charge in [-0.25, -0.2) is 14.7 Å². The van der Waals surface area contributed by atoms with Gasteiger partial charge in [0.1, 0.15) is 16.7 Å². The van der Waals surface area contributed by atoms with Gasteiger partial charge < -0.3 is 19.1 Å². The molecule has 0 N–H and O–H groups in total. The second-order valence-electron chi connectivity index (χ2n) is 6.88. The number of ether oxygens (including phenoxy) is 3. The number of rotatable bonds is 6. The molecule has 160 valence electrons. The topological polar surface area (TPSA) is 64.1 Å². The van der Waals surface area contributed by atoms with Crippen molar-refractivity contribution < 1.29 is 23.1 Å². The largest absolute Gasteiger partial charge is 0.497 e. The Kier molecular flexibility index (Phi) is 4.86. The van der Waals surface area contributed by atoms with Crippen LogP contribution in [-0.2, 0) is 13.1 Å². The van der Waals surface area contributed by atoms with Crippen LogP contribution in [0.3, 0.4) is 0 Å². The number of carbonyl (C=O) groups excluding carboxylic acids is 1. The first-order chi connectivity index (χ1) is 16.2. The minimum absolute atomic E-state index is 0.162. The molecule has 7 nitrogen and oxygen atoms in total. The molecule has 0 radical (unpaired) electrons. The standard InChI is InChI=1S/C23H22ClN3O4/c1-29-18-8-6-17(7-9-18)27-22-16(5-11-21(24)25-22)14-26(23(27)28)13-15-4-10-19(30-2)20(12-15)31-3/h4-12H,13-14H2,1-3H3/i1D3. The fraction of sp³-hybridized carbons (Fsp3) is 0.217. The van der Waals surface area contributed by atoms with Crippen LogP contribution in [0.15, 0.2) is 54.6 Å². The van der Waals surface area contributed by atoms with Crippen LogP contribution in [0.25, 0.3) is 0 Å². The molecule has 0 saturated carbocycles. The van der Waals surface area contributed by atoms with Gasteiger partial charge in [-0.15, -0.1) is 0 Å². The number of hydrogen-bond acceptors (Lipinski definition) is 5. The second kappa shape index (κ2) is 8.73. The third kappa shape index (κ3) is 4.09. The van der Waals surface area contributed by atoms with Gasteiger partial charge in [0.15, 0.2) is 11.5 Å². The summed E-state index contributed by atoms with van der Waals surface area (Å²) in [6, 6.07) is 14.9. The maximum Gasteiger partial charge on any atom is 0.330 e. The van der Waals surface area contributed by atoms with Crippen molar-refractivity contribution in [1.82, 2.24) is 9.88 Å². The quantitative estimate of drug-likeness (QED) is 0.501. The van der Waals surface area contributed by atoms with Crippen LogP contribution in [0, 0.1) is 0 Å². The number of urea groups is 1. The van der Waals surface area contributed by atoms with Gasteiger partial charge in [-0.05, 0) is 48.0 Å². The Balaban J connectivity index is 1.67. The molecule has 31 heavy (non-hydrogen) atoms. The summed E-state index contributed by atoms with van der Waals surface area (Å²) in [5.74, 6) is 1.75. The van der Waals surface area contributed by atoms with E-state index in [-0.39, 0.29) is 16.9 Å². The number of anilines is 2. The van der Waals surface area contributed by atoms with Gasteiger partial charge in [0.2, 0.25) is 0 Å². The van der Waals surface area contributed by atoms with Gasteiger partial charge in [-0.3, -0.25) is 0 Å². The summed E-state index contributed by atoms with van der Waals surface area (Å²) in [6.45, 7) is 0.654. The number of pyridine rings is 1. The maximum atomic E-state index is 13.6. The highest BCUT2D eigenvalue weighted by Crippen LogP contribution is 2.36. The Labute approximate surface area is 189 Å². The van der Waals surface area contributed by atoms with E-state index in [0.717, 1.165) is 11.1 Å². The summed E-state index contributed by atoms with van der Waals surface area (Å²) in [6.07, 6.45) is 0. The van der Waals surface area contributed by atoms with Gasteiger partial charge in [-0.2, -0.15) is 0 Å². The molecule has 0 fully saturated rings. The van der Waals surface area contributed by atoms with E-state index in [4.69, 9.17) is 29.9 Å². The first-order valence-electron chi connectivity index (χ1n) is 10.9. The van der Waals surface area contributed by atoms with Gasteiger partial charge >= 0.3 is 6.03 Å². The van der Waals surface area contributed by atoms with E-state index >= 15 is 0 Å². The van der Waals surface area contributed by atoms with E-state index in [0.29, 0.717) is 36.1 Å². The predicted octanol–water partition coefficient (Wildman–Crippen LogP) is 5.03. The maximum absolute atomic E-state index is 13.6. The number of halogens is 1. The summed E-state index contributed by atoms with van der Waals surface area (Å²) in [5, 5.41) is 0.257. The van der Waals surface area contributed by atoms with E-state index in [1.807, 2.05) is 18.2 Å². The number of carbonyl (C=O) groups is 1. The Morgan fingerprint density at radius 1 is 1.03 bits per heavy atom. The van der Waals surface area contributed by atoms with Crippen molar-refractivity contribution in [2.24, 2.45) is 0 Å². The molecular weight excluding hydrogens is 418 g/mol. The van der Waals surface area contributed by atoms with Crippen molar-refractivity contribution in [1.29, 1.82) is 0 Å². The molecule has 2 amide bonds. The molecule has 1 aromatic heterocycles. The van der Waals surface area contributed by atoms with Crippen LogP contribution in [0.2, 0.25) is 5.15 Å². The summed E-state index contributed by atoms with van der Waals surface area (Å²) in [5.41, 5.74) is 2.17. The molecule has 3 aromatic rings. The van der Waals surface area contributed by atoms with E-state index in [2.05, 4.69) is 4.98 Å². The lowest BCUT2D eigenvalue weighted by Crippen LogP contribution is -2.44. The van der Waals surface area contributed by atoms with Crippen molar-refractivity contribution in [2.45, 2.75) is 13.1 Å². The SMILES string of the molecule is [2H]C([2H])([2H])Oc1ccc(N2C(=O)N(Cc3ccc(OC)c(OC)c3)Cc3ccc(Cl)nc32)cc1. The number of benzene rings is 2. The third-order valence-electron chi connectivity index (χ3n) is 4.99. The molecule has 0 atom stereocenters. The second-order valence-corrected chi connectivity index (χ2v) is 7.26. The summed E-state index contributed by atoms with van der Waals surface area (Å²) in [4.78, 5) is 21.1. The normalized spacial score (nSPS) is 14.9. The van der Waals surface area contributed by atoms with E-state index < -0.39 is 7.04 Å². The van der Waals surface area contributed by atoms with Crippen molar-refractivity contribution >= 4 is 29.1 Å². The first-order valence-corrected chi connectivity index (χ1v) is 9.81. The zero-order valence-electron chi connectivity index (χ0n) is 20.0. The first kappa shape index (κ1) is 17.3. The molecule has 0 bridgehead atoms. The predicted molar refractivity (Wildman–Crippen MR) is 119 cm³/mol. The molecule has 2 heterocycles. The molecule has 8 heteroatoms. The summed E-state index contributed by atoms with van der Waals surface area (Å²) < 4.78 is 37.4. The molecule has 2 aromatic carbocycles. The summed E-state index contributed by atoms with van der Waals surface area (Å²) >= 11 is 6.13. The number of amides is 2. The molecule has 1 aliphatic rings. The van der Waals surface area contributed by atoms with E-state index in [9.17, 15) is 4.79 Å². The van der Waals surface area contributed by atoms with Crippen LogP contribution in [-0.4, -0.2) is 37.2 Å². The Morgan fingerprint density at radius 3 is 2.52 bits per heavy atom. The van der Waals surface area contributed by atoms with Gasteiger partial charge in [0, 0.05) is 12.1 Å². The average Bonchev–Trinajstić information content (AvgIpc) is 2.79. The van der Waals surface area contributed by atoms with E-state index in [1.54, 1.807) is 43.4 Å². The molecule has 0 aliphatic carbocycles. The smallest absolute Gasteiger partial charge is 0.330 e. The number of aromatic nitrogens is 1. The fourth-order valence-electron chi connectivity index (χ4n) is 3.50. The minimum atomic E-state index is -2.57. The van der Waals surface area contributed by atoms with Crippen LogP contribution < -0.4 is 19.1 Å². The molecule has 4 rings (SSSR count). The summed E-state index contributed by atoms with van der Waals surface area (Å²) in [7, 11) is 0.550. The minimum Gasteiger partial charge on any atom is -0.497 e. The van der Waals surface area contributed by atoms with Crippen LogP contribution in [0.1, 0.15) is 15.2 Å². The lowest BCUT2D eigenvalue weighted by molar-refractivity contribution is 0.198. The zero-order valence-corrected chi connectivity index (χ0v) is 17.7. The van der Waals surface area contributed by atoms with Crippen molar-refractivity contribution in [3.05, 3.63) is 70.9 Å². The average molecular weight is 443 g/mol.